The number of benzene rings is 1. The molecule has 23 heavy (non-hydrogen) atoms. The smallest absolute Gasteiger partial charge is 0.417 e. The molecule has 0 heterocycles. The maximum Gasteiger partial charge on any atom is 0.417 e. The number of alkyl halides is 3. The quantitative estimate of drug-likeness (QED) is 0.716. The number of aliphatic hydroxyl groups excluding tert-OH is 1. The summed E-state index contributed by atoms with van der Waals surface area (Å²) in [5.41, 5.74) is -0.726. The molecule has 0 unspecified atom stereocenters. The van der Waals surface area contributed by atoms with Crippen LogP contribution in [0.25, 0.3) is 0 Å². The molecule has 0 atom stereocenters. The van der Waals surface area contributed by atoms with Crippen molar-refractivity contribution in [2.45, 2.75) is 50.5 Å². The van der Waals surface area contributed by atoms with Crippen LogP contribution in [0, 0.1) is 0 Å². The second-order valence-electron chi connectivity index (χ2n) is 5.60. The van der Waals surface area contributed by atoms with E-state index in [1.54, 1.807) is 6.07 Å². The standard InChI is InChI=1S/C16H20BrF3O3/c17-15-7-6-13(10-14(15)16(18,19)20)23-12-4-2-11(3-5-12)22-9-1-8-21/h6-7,10-12,21H,1-5,8-9H2. The lowest BCUT2D eigenvalue weighted by Crippen LogP contribution is -2.28. The topological polar surface area (TPSA) is 38.7 Å². The van der Waals surface area contributed by atoms with Crippen LogP contribution in [-0.2, 0) is 10.9 Å². The highest BCUT2D eigenvalue weighted by atomic mass is 79.9. The maximum atomic E-state index is 12.9. The van der Waals surface area contributed by atoms with Crippen LogP contribution < -0.4 is 4.74 Å². The first kappa shape index (κ1) is 18.5. The van der Waals surface area contributed by atoms with Crippen molar-refractivity contribution in [2.75, 3.05) is 13.2 Å². The van der Waals surface area contributed by atoms with Crippen molar-refractivity contribution < 1.29 is 27.8 Å². The Kier molecular flexibility index (Phi) is 6.73. The predicted octanol–water partition coefficient (Wildman–Crippen LogP) is 4.56. The summed E-state index contributed by atoms with van der Waals surface area (Å²) in [5.74, 6) is 0.241. The second kappa shape index (κ2) is 8.35. The molecular formula is C16H20BrF3O3. The van der Waals surface area contributed by atoms with Gasteiger partial charge in [0.1, 0.15) is 5.75 Å². The van der Waals surface area contributed by atoms with Crippen LogP contribution in [0.2, 0.25) is 0 Å². The largest absolute Gasteiger partial charge is 0.490 e. The molecule has 1 N–H and O–H groups in total. The Balaban J connectivity index is 1.87. The average molecular weight is 397 g/mol. The molecule has 1 aliphatic carbocycles. The lowest BCUT2D eigenvalue weighted by molar-refractivity contribution is -0.138. The van der Waals surface area contributed by atoms with Crippen LogP contribution in [0.3, 0.4) is 0 Å². The molecule has 0 amide bonds. The van der Waals surface area contributed by atoms with Crippen LogP contribution in [0.1, 0.15) is 37.7 Å². The summed E-state index contributed by atoms with van der Waals surface area (Å²) in [5, 5.41) is 8.72. The molecular weight excluding hydrogens is 377 g/mol. The van der Waals surface area contributed by atoms with Gasteiger partial charge in [-0.2, -0.15) is 13.2 Å². The van der Waals surface area contributed by atoms with Crippen LogP contribution in [0.4, 0.5) is 13.2 Å². The van der Waals surface area contributed by atoms with Gasteiger partial charge in [0.15, 0.2) is 0 Å². The number of ether oxygens (including phenoxy) is 2. The highest BCUT2D eigenvalue weighted by Gasteiger charge is 2.33. The first-order valence-electron chi connectivity index (χ1n) is 7.66. The number of aliphatic hydroxyl groups is 1. The van der Waals surface area contributed by atoms with Gasteiger partial charge in [0.2, 0.25) is 0 Å². The Labute approximate surface area is 141 Å². The van der Waals surface area contributed by atoms with Gasteiger partial charge in [-0.15, -0.1) is 0 Å². The zero-order valence-electron chi connectivity index (χ0n) is 12.6. The van der Waals surface area contributed by atoms with E-state index in [1.165, 1.54) is 6.07 Å². The molecule has 0 radical (unpaired) electrons. The third kappa shape index (κ3) is 5.65. The Morgan fingerprint density at radius 2 is 1.78 bits per heavy atom. The van der Waals surface area contributed by atoms with Crippen molar-refractivity contribution in [1.82, 2.24) is 0 Å². The minimum Gasteiger partial charge on any atom is -0.490 e. The van der Waals surface area contributed by atoms with Gasteiger partial charge in [-0.3, -0.25) is 0 Å². The number of rotatable bonds is 6. The van der Waals surface area contributed by atoms with E-state index in [0.29, 0.717) is 13.0 Å². The van der Waals surface area contributed by atoms with Crippen LogP contribution in [-0.4, -0.2) is 30.5 Å². The third-order valence-corrected chi connectivity index (χ3v) is 4.51. The van der Waals surface area contributed by atoms with Gasteiger partial charge in [-0.25, -0.2) is 0 Å². The van der Waals surface area contributed by atoms with E-state index in [-0.39, 0.29) is 29.0 Å². The molecule has 3 nitrogen and oxygen atoms in total. The first-order valence-corrected chi connectivity index (χ1v) is 8.45. The monoisotopic (exact) mass is 396 g/mol. The van der Waals surface area contributed by atoms with Gasteiger partial charge in [0.05, 0.1) is 17.8 Å². The fourth-order valence-corrected chi connectivity index (χ4v) is 3.09. The highest BCUT2D eigenvalue weighted by Crippen LogP contribution is 2.37. The van der Waals surface area contributed by atoms with Gasteiger partial charge in [0, 0.05) is 17.7 Å². The van der Waals surface area contributed by atoms with Crippen molar-refractivity contribution in [3.63, 3.8) is 0 Å². The Bertz CT molecular complexity index is 500. The second-order valence-corrected chi connectivity index (χ2v) is 6.46. The molecule has 7 heteroatoms. The SMILES string of the molecule is OCCCOC1CCC(Oc2ccc(Br)c(C(F)(F)F)c2)CC1. The summed E-state index contributed by atoms with van der Waals surface area (Å²) in [6.07, 6.45) is -0.585. The molecule has 0 aromatic heterocycles. The van der Waals surface area contributed by atoms with E-state index >= 15 is 0 Å². The lowest BCUT2D eigenvalue weighted by atomic mass is 9.95. The van der Waals surface area contributed by atoms with Crippen molar-refractivity contribution in [3.05, 3.63) is 28.2 Å². The Hall–Kier alpha value is -0.790. The van der Waals surface area contributed by atoms with Gasteiger partial charge in [-0.1, -0.05) is 15.9 Å². The third-order valence-electron chi connectivity index (χ3n) is 3.82. The summed E-state index contributed by atoms with van der Waals surface area (Å²) in [6, 6.07) is 3.94. The van der Waals surface area contributed by atoms with E-state index in [4.69, 9.17) is 14.6 Å². The minimum atomic E-state index is -4.41. The lowest BCUT2D eigenvalue weighted by Gasteiger charge is -2.29. The maximum absolute atomic E-state index is 12.9. The van der Waals surface area contributed by atoms with Crippen LogP contribution in [0.5, 0.6) is 5.75 Å². The molecule has 1 aromatic carbocycles. The molecule has 2 rings (SSSR count). The molecule has 0 saturated heterocycles. The predicted molar refractivity (Wildman–Crippen MR) is 83.5 cm³/mol. The zero-order chi connectivity index (χ0) is 16.9. The van der Waals surface area contributed by atoms with E-state index < -0.39 is 11.7 Å². The Morgan fingerprint density at radius 3 is 2.39 bits per heavy atom. The average Bonchev–Trinajstić information content (AvgIpc) is 2.50. The van der Waals surface area contributed by atoms with Gasteiger partial charge in [-0.05, 0) is 50.3 Å². The first-order chi connectivity index (χ1) is 10.9. The van der Waals surface area contributed by atoms with Gasteiger partial charge < -0.3 is 14.6 Å². The van der Waals surface area contributed by atoms with Gasteiger partial charge >= 0.3 is 6.18 Å². The minimum absolute atomic E-state index is 0.0124. The van der Waals surface area contributed by atoms with E-state index in [0.717, 1.165) is 31.7 Å². The van der Waals surface area contributed by atoms with Crippen molar-refractivity contribution >= 4 is 15.9 Å². The number of hydrogen-bond donors (Lipinski definition) is 1. The molecule has 1 aliphatic rings. The summed E-state index contributed by atoms with van der Waals surface area (Å²) in [7, 11) is 0. The van der Waals surface area contributed by atoms with Crippen molar-refractivity contribution in [3.8, 4) is 5.75 Å². The normalized spacial score (nSPS) is 22.1. The molecule has 1 saturated carbocycles. The Morgan fingerprint density at radius 1 is 1.13 bits per heavy atom. The highest BCUT2D eigenvalue weighted by molar-refractivity contribution is 9.10. The van der Waals surface area contributed by atoms with Crippen LogP contribution >= 0.6 is 15.9 Å². The fourth-order valence-electron chi connectivity index (χ4n) is 2.62. The van der Waals surface area contributed by atoms with E-state index in [9.17, 15) is 13.2 Å². The van der Waals surface area contributed by atoms with Crippen molar-refractivity contribution in [2.24, 2.45) is 0 Å². The molecule has 130 valence electrons. The molecule has 0 spiro atoms. The van der Waals surface area contributed by atoms with E-state index in [1.807, 2.05) is 0 Å². The van der Waals surface area contributed by atoms with Crippen LogP contribution in [0.15, 0.2) is 22.7 Å². The zero-order valence-corrected chi connectivity index (χ0v) is 14.2. The van der Waals surface area contributed by atoms with Crippen molar-refractivity contribution in [1.29, 1.82) is 0 Å². The number of halogens is 4. The van der Waals surface area contributed by atoms with E-state index in [2.05, 4.69) is 15.9 Å². The summed E-state index contributed by atoms with van der Waals surface area (Å²) in [4.78, 5) is 0. The fraction of sp³-hybridized carbons (Fsp3) is 0.625. The summed E-state index contributed by atoms with van der Waals surface area (Å²) in [6.45, 7) is 0.651. The molecule has 0 bridgehead atoms. The molecule has 0 aliphatic heterocycles. The summed E-state index contributed by atoms with van der Waals surface area (Å²) < 4.78 is 50.0. The van der Waals surface area contributed by atoms with Gasteiger partial charge in [0.25, 0.3) is 0 Å². The number of hydrogen-bond acceptors (Lipinski definition) is 3. The summed E-state index contributed by atoms with van der Waals surface area (Å²) >= 11 is 2.92. The molecule has 1 aromatic rings. The molecule has 1 fully saturated rings.